The molecule has 0 radical (unpaired) electrons. The first-order chi connectivity index (χ1) is 12.2. The summed E-state index contributed by atoms with van der Waals surface area (Å²) in [5.74, 6) is 2.31. The van der Waals surface area contributed by atoms with E-state index in [-0.39, 0.29) is 0 Å². The maximum absolute atomic E-state index is 5.90. The van der Waals surface area contributed by atoms with Crippen LogP contribution in [0.2, 0.25) is 0 Å². The fourth-order valence-corrected chi connectivity index (χ4v) is 2.28. The molecule has 0 spiro atoms. The average Bonchev–Trinajstić information content (AvgIpc) is 2.63. The molecule has 1 N–H and O–H groups in total. The van der Waals surface area contributed by atoms with Gasteiger partial charge in [-0.2, -0.15) is 0 Å². The molecule has 4 heteroatoms. The van der Waals surface area contributed by atoms with Crippen LogP contribution in [0.15, 0.2) is 48.5 Å². The van der Waals surface area contributed by atoms with Gasteiger partial charge in [-0.25, -0.2) is 0 Å². The smallest absolute Gasteiger partial charge is 0.124 e. The van der Waals surface area contributed by atoms with Crippen molar-refractivity contribution in [3.05, 3.63) is 54.1 Å². The van der Waals surface area contributed by atoms with Gasteiger partial charge in [-0.05, 0) is 43.2 Å². The molecule has 0 saturated heterocycles. The molecule has 25 heavy (non-hydrogen) atoms. The molecule has 0 unspecified atom stereocenters. The zero-order chi connectivity index (χ0) is 17.9. The zero-order valence-corrected chi connectivity index (χ0v) is 15.5. The number of para-hydroxylation sites is 1. The van der Waals surface area contributed by atoms with Crippen LogP contribution in [0.3, 0.4) is 0 Å². The Labute approximate surface area is 151 Å². The maximum atomic E-state index is 5.90. The molecule has 0 fully saturated rings. The first-order valence-electron chi connectivity index (χ1n) is 8.94. The molecule has 0 bridgehead atoms. The van der Waals surface area contributed by atoms with E-state index in [9.17, 15) is 0 Å². The number of ether oxygens (including phenoxy) is 3. The van der Waals surface area contributed by atoms with Crippen LogP contribution in [0.4, 0.5) is 5.69 Å². The van der Waals surface area contributed by atoms with Gasteiger partial charge in [0.2, 0.25) is 0 Å². The van der Waals surface area contributed by atoms with Crippen LogP contribution in [-0.4, -0.2) is 26.4 Å². The number of benzene rings is 2. The number of anilines is 1. The highest BCUT2D eigenvalue weighted by Gasteiger charge is 2.04. The minimum atomic E-state index is 0.510. The highest BCUT2D eigenvalue weighted by Crippen LogP contribution is 2.21. The third-order valence-corrected chi connectivity index (χ3v) is 3.58. The molecule has 0 aromatic heterocycles. The van der Waals surface area contributed by atoms with E-state index in [1.807, 2.05) is 49.4 Å². The molecule has 2 rings (SSSR count). The number of nitrogens with one attached hydrogen (secondary N) is 1. The lowest BCUT2D eigenvalue weighted by Gasteiger charge is -2.14. The lowest BCUT2D eigenvalue weighted by Crippen LogP contribution is -2.08. The van der Waals surface area contributed by atoms with Crippen molar-refractivity contribution in [2.24, 2.45) is 5.92 Å². The molecule has 0 aliphatic carbocycles. The van der Waals surface area contributed by atoms with Gasteiger partial charge < -0.3 is 19.5 Å². The minimum absolute atomic E-state index is 0.510. The molecule has 2 aromatic carbocycles. The van der Waals surface area contributed by atoms with Crippen molar-refractivity contribution < 1.29 is 14.2 Å². The molecular weight excluding hydrogens is 314 g/mol. The monoisotopic (exact) mass is 343 g/mol. The van der Waals surface area contributed by atoms with Crippen LogP contribution >= 0.6 is 0 Å². The van der Waals surface area contributed by atoms with Crippen molar-refractivity contribution in [3.63, 3.8) is 0 Å². The van der Waals surface area contributed by atoms with Gasteiger partial charge in [-0.3, -0.25) is 0 Å². The number of hydrogen-bond acceptors (Lipinski definition) is 4. The van der Waals surface area contributed by atoms with Crippen LogP contribution < -0.4 is 14.8 Å². The largest absolute Gasteiger partial charge is 0.493 e. The van der Waals surface area contributed by atoms with Gasteiger partial charge >= 0.3 is 0 Å². The predicted octanol–water partition coefficient (Wildman–Crippen LogP) is 4.75. The first kappa shape index (κ1) is 19.1. The van der Waals surface area contributed by atoms with Crippen LogP contribution in [0.5, 0.6) is 11.5 Å². The Morgan fingerprint density at radius 1 is 0.920 bits per heavy atom. The van der Waals surface area contributed by atoms with Crippen LogP contribution in [0.1, 0.15) is 26.3 Å². The van der Waals surface area contributed by atoms with E-state index in [2.05, 4.69) is 25.2 Å². The Bertz CT molecular complexity index is 611. The van der Waals surface area contributed by atoms with E-state index in [1.54, 1.807) is 0 Å². The number of rotatable bonds is 11. The maximum Gasteiger partial charge on any atom is 0.124 e. The fraction of sp³-hybridized carbons (Fsp3) is 0.429. The summed E-state index contributed by atoms with van der Waals surface area (Å²) in [6.07, 6.45) is 0. The Balaban J connectivity index is 1.85. The van der Waals surface area contributed by atoms with Gasteiger partial charge in [-0.1, -0.05) is 32.0 Å². The lowest BCUT2D eigenvalue weighted by atomic mass is 10.2. The van der Waals surface area contributed by atoms with Crippen molar-refractivity contribution in [1.82, 2.24) is 0 Å². The molecule has 0 saturated carbocycles. The molecule has 2 aromatic rings. The first-order valence-corrected chi connectivity index (χ1v) is 8.94. The summed E-state index contributed by atoms with van der Waals surface area (Å²) in [5, 5.41) is 3.43. The molecule has 0 amide bonds. The molecule has 0 aliphatic heterocycles. The summed E-state index contributed by atoms with van der Waals surface area (Å²) in [6, 6.07) is 16.1. The van der Waals surface area contributed by atoms with Crippen molar-refractivity contribution in [1.29, 1.82) is 0 Å². The average molecular weight is 343 g/mol. The standard InChI is InChI=1S/C21H29NO3/c1-4-23-13-14-24-20-11-9-19(10-12-20)22-15-18-7-5-6-8-21(18)25-16-17(2)3/h5-12,17,22H,4,13-16H2,1-3H3. The Hall–Kier alpha value is -2.20. The Morgan fingerprint density at radius 2 is 1.68 bits per heavy atom. The predicted molar refractivity (Wildman–Crippen MR) is 103 cm³/mol. The second-order valence-electron chi connectivity index (χ2n) is 6.24. The number of hydrogen-bond donors (Lipinski definition) is 1. The molecule has 0 aliphatic rings. The van der Waals surface area contributed by atoms with E-state index in [1.165, 1.54) is 0 Å². The molecular formula is C21H29NO3. The van der Waals surface area contributed by atoms with E-state index >= 15 is 0 Å². The van der Waals surface area contributed by atoms with E-state index in [0.717, 1.165) is 35.9 Å². The molecule has 4 nitrogen and oxygen atoms in total. The van der Waals surface area contributed by atoms with Crippen molar-refractivity contribution >= 4 is 5.69 Å². The summed E-state index contributed by atoms with van der Waals surface area (Å²) in [4.78, 5) is 0. The third-order valence-electron chi connectivity index (χ3n) is 3.58. The Morgan fingerprint density at radius 3 is 2.40 bits per heavy atom. The topological polar surface area (TPSA) is 39.7 Å². The highest BCUT2D eigenvalue weighted by molar-refractivity contribution is 5.47. The van der Waals surface area contributed by atoms with Crippen molar-refractivity contribution in [2.75, 3.05) is 31.7 Å². The van der Waals surface area contributed by atoms with Crippen LogP contribution in [0.25, 0.3) is 0 Å². The summed E-state index contributed by atoms with van der Waals surface area (Å²) in [6.45, 7) is 9.63. The molecule has 0 atom stereocenters. The normalized spacial score (nSPS) is 10.7. The zero-order valence-electron chi connectivity index (χ0n) is 15.5. The van der Waals surface area contributed by atoms with E-state index in [4.69, 9.17) is 14.2 Å². The third kappa shape index (κ3) is 7.06. The van der Waals surface area contributed by atoms with Crippen LogP contribution in [-0.2, 0) is 11.3 Å². The summed E-state index contributed by atoms with van der Waals surface area (Å²) in [7, 11) is 0. The van der Waals surface area contributed by atoms with Crippen molar-refractivity contribution in [2.45, 2.75) is 27.3 Å². The summed E-state index contributed by atoms with van der Waals surface area (Å²) in [5.41, 5.74) is 2.20. The second-order valence-corrected chi connectivity index (χ2v) is 6.24. The van der Waals surface area contributed by atoms with Gasteiger partial charge in [0.25, 0.3) is 0 Å². The van der Waals surface area contributed by atoms with Gasteiger partial charge in [0, 0.05) is 24.4 Å². The van der Waals surface area contributed by atoms with Gasteiger partial charge in [-0.15, -0.1) is 0 Å². The summed E-state index contributed by atoms with van der Waals surface area (Å²) >= 11 is 0. The SMILES string of the molecule is CCOCCOc1ccc(NCc2ccccc2OCC(C)C)cc1. The van der Waals surface area contributed by atoms with E-state index in [0.29, 0.717) is 25.7 Å². The van der Waals surface area contributed by atoms with Crippen molar-refractivity contribution in [3.8, 4) is 11.5 Å². The van der Waals surface area contributed by atoms with Gasteiger partial charge in [0.15, 0.2) is 0 Å². The fourth-order valence-electron chi connectivity index (χ4n) is 2.28. The van der Waals surface area contributed by atoms with Crippen LogP contribution in [0, 0.1) is 5.92 Å². The minimum Gasteiger partial charge on any atom is -0.493 e. The second kappa shape index (κ2) is 10.6. The van der Waals surface area contributed by atoms with E-state index < -0.39 is 0 Å². The quantitative estimate of drug-likeness (QED) is 0.598. The van der Waals surface area contributed by atoms with Gasteiger partial charge in [0.05, 0.1) is 13.2 Å². The Kier molecular flexibility index (Phi) is 8.13. The molecule has 136 valence electrons. The lowest BCUT2D eigenvalue weighted by molar-refractivity contribution is 0.110. The highest BCUT2D eigenvalue weighted by atomic mass is 16.5. The molecule has 0 heterocycles. The summed E-state index contributed by atoms with van der Waals surface area (Å²) < 4.78 is 16.8. The van der Waals surface area contributed by atoms with Gasteiger partial charge in [0.1, 0.15) is 18.1 Å².